The molecular weight excluding hydrogens is 354 g/mol. The average Bonchev–Trinajstić information content (AvgIpc) is 2.62. The van der Waals surface area contributed by atoms with E-state index >= 15 is 0 Å². The summed E-state index contributed by atoms with van der Waals surface area (Å²) in [6, 6.07) is 13.4. The summed E-state index contributed by atoms with van der Waals surface area (Å²) in [5.41, 5.74) is 1.13. The molecule has 2 aromatic rings. The van der Waals surface area contributed by atoms with Gasteiger partial charge in [-0.15, -0.1) is 0 Å². The number of nitrogens with one attached hydrogen (secondary N) is 1. The first-order valence-corrected chi connectivity index (χ1v) is 8.73. The largest absolute Gasteiger partial charge is 0.479 e. The first-order valence-electron chi connectivity index (χ1n) is 8.35. The Hall–Kier alpha value is -2.53. The van der Waals surface area contributed by atoms with E-state index in [9.17, 15) is 9.59 Å². The van der Waals surface area contributed by atoms with Crippen molar-refractivity contribution >= 4 is 29.2 Å². The number of carbonyl (C=O) groups is 2. The molecule has 0 spiro atoms. The van der Waals surface area contributed by atoms with Gasteiger partial charge in [0.05, 0.1) is 6.61 Å². The summed E-state index contributed by atoms with van der Waals surface area (Å²) in [5, 5.41) is 3.38. The van der Waals surface area contributed by atoms with Gasteiger partial charge in [0.1, 0.15) is 5.75 Å². The van der Waals surface area contributed by atoms with Crippen molar-refractivity contribution in [1.29, 1.82) is 0 Å². The highest BCUT2D eigenvalue weighted by Crippen LogP contribution is 2.17. The number of esters is 1. The third-order valence-corrected chi connectivity index (χ3v) is 3.67. The molecule has 0 unspecified atom stereocenters. The molecule has 0 heterocycles. The molecule has 2 aromatic carbocycles. The van der Waals surface area contributed by atoms with E-state index in [1.54, 1.807) is 55.5 Å². The van der Waals surface area contributed by atoms with Crippen LogP contribution < -0.4 is 10.1 Å². The molecule has 0 saturated heterocycles. The van der Waals surface area contributed by atoms with Crippen LogP contribution in [-0.4, -0.2) is 24.6 Å². The molecule has 5 nitrogen and oxygen atoms in total. The quantitative estimate of drug-likeness (QED) is 0.720. The minimum Gasteiger partial charge on any atom is -0.479 e. The van der Waals surface area contributed by atoms with Gasteiger partial charge in [-0.2, -0.15) is 0 Å². The summed E-state index contributed by atoms with van der Waals surface area (Å²) in [4.78, 5) is 24.1. The van der Waals surface area contributed by atoms with Crippen LogP contribution in [0.5, 0.6) is 5.75 Å². The number of amides is 1. The zero-order chi connectivity index (χ0) is 19.1. The minimum absolute atomic E-state index is 0.247. The van der Waals surface area contributed by atoms with Gasteiger partial charge >= 0.3 is 5.97 Å². The first kappa shape index (κ1) is 19.8. The molecule has 0 saturated carbocycles. The maximum Gasteiger partial charge on any atom is 0.347 e. The van der Waals surface area contributed by atoms with Crippen LogP contribution >= 0.6 is 11.6 Å². The number of ether oxygens (including phenoxy) is 2. The molecule has 0 aliphatic heterocycles. The SMILES string of the molecule is CC(C)COC(=O)[C@@H](C)Oc1ccc(C(=O)Nc2ccc(Cl)cc2)cc1. The molecule has 0 aliphatic rings. The van der Waals surface area contributed by atoms with E-state index in [4.69, 9.17) is 21.1 Å². The number of hydrogen-bond acceptors (Lipinski definition) is 4. The van der Waals surface area contributed by atoms with Crippen molar-refractivity contribution in [2.75, 3.05) is 11.9 Å². The summed E-state index contributed by atoms with van der Waals surface area (Å²) >= 11 is 5.82. The summed E-state index contributed by atoms with van der Waals surface area (Å²) in [7, 11) is 0. The van der Waals surface area contributed by atoms with Crippen LogP contribution in [0.25, 0.3) is 0 Å². The van der Waals surface area contributed by atoms with E-state index in [1.165, 1.54) is 0 Å². The lowest BCUT2D eigenvalue weighted by molar-refractivity contribution is -0.152. The predicted octanol–water partition coefficient (Wildman–Crippen LogP) is 4.56. The molecule has 0 bridgehead atoms. The summed E-state index contributed by atoms with van der Waals surface area (Å²) in [6.45, 7) is 5.92. The molecule has 0 radical (unpaired) electrons. The van der Waals surface area contributed by atoms with Crippen molar-refractivity contribution in [3.63, 3.8) is 0 Å². The Morgan fingerprint density at radius 1 is 1.00 bits per heavy atom. The molecule has 138 valence electrons. The number of halogens is 1. The Morgan fingerprint density at radius 2 is 1.62 bits per heavy atom. The van der Waals surface area contributed by atoms with Gasteiger partial charge in [0, 0.05) is 16.3 Å². The number of rotatable bonds is 7. The number of anilines is 1. The van der Waals surface area contributed by atoms with Crippen molar-refractivity contribution in [3.05, 3.63) is 59.1 Å². The molecule has 6 heteroatoms. The van der Waals surface area contributed by atoms with Crippen LogP contribution in [0.15, 0.2) is 48.5 Å². The molecule has 0 fully saturated rings. The topological polar surface area (TPSA) is 64.6 Å². The maximum absolute atomic E-state index is 12.2. The van der Waals surface area contributed by atoms with E-state index in [2.05, 4.69) is 5.32 Å². The van der Waals surface area contributed by atoms with Crippen molar-refractivity contribution in [2.24, 2.45) is 5.92 Å². The Labute approximate surface area is 158 Å². The van der Waals surface area contributed by atoms with Crippen molar-refractivity contribution in [3.8, 4) is 5.75 Å². The predicted molar refractivity (Wildman–Crippen MR) is 102 cm³/mol. The second-order valence-corrected chi connectivity index (χ2v) is 6.71. The van der Waals surface area contributed by atoms with Crippen molar-refractivity contribution in [1.82, 2.24) is 0 Å². The van der Waals surface area contributed by atoms with Gasteiger partial charge in [-0.25, -0.2) is 4.79 Å². The molecule has 0 aromatic heterocycles. The lowest BCUT2D eigenvalue weighted by Crippen LogP contribution is -2.27. The highest BCUT2D eigenvalue weighted by molar-refractivity contribution is 6.30. The first-order chi connectivity index (χ1) is 12.3. The fourth-order valence-electron chi connectivity index (χ4n) is 2.04. The zero-order valence-corrected chi connectivity index (χ0v) is 15.7. The molecule has 26 heavy (non-hydrogen) atoms. The van der Waals surface area contributed by atoms with Gasteiger partial charge in [-0.05, 0) is 61.4 Å². The van der Waals surface area contributed by atoms with Crippen LogP contribution in [0, 0.1) is 5.92 Å². The summed E-state index contributed by atoms with van der Waals surface area (Å²) in [6.07, 6.45) is -0.720. The van der Waals surface area contributed by atoms with E-state index in [0.29, 0.717) is 28.6 Å². The standard InChI is InChI=1S/C20H22ClNO4/c1-13(2)12-25-20(24)14(3)26-18-10-4-15(5-11-18)19(23)22-17-8-6-16(21)7-9-17/h4-11,13-14H,12H2,1-3H3,(H,22,23)/t14-/m1/s1. The van der Waals surface area contributed by atoms with Gasteiger partial charge in [-0.1, -0.05) is 25.4 Å². The van der Waals surface area contributed by atoms with Crippen LogP contribution in [0.4, 0.5) is 5.69 Å². The zero-order valence-electron chi connectivity index (χ0n) is 15.0. The fourth-order valence-corrected chi connectivity index (χ4v) is 2.17. The normalized spacial score (nSPS) is 11.7. The van der Waals surface area contributed by atoms with Gasteiger partial charge < -0.3 is 14.8 Å². The number of benzene rings is 2. The average molecular weight is 376 g/mol. The molecule has 1 N–H and O–H groups in total. The molecule has 1 amide bonds. The van der Waals surface area contributed by atoms with E-state index in [0.717, 1.165) is 0 Å². The smallest absolute Gasteiger partial charge is 0.347 e. The van der Waals surface area contributed by atoms with Crippen LogP contribution in [0.3, 0.4) is 0 Å². The van der Waals surface area contributed by atoms with Gasteiger partial charge in [0.2, 0.25) is 0 Å². The van der Waals surface area contributed by atoms with Gasteiger partial charge in [0.25, 0.3) is 5.91 Å². The second kappa shape index (κ2) is 9.25. The summed E-state index contributed by atoms with van der Waals surface area (Å²) < 4.78 is 10.7. The van der Waals surface area contributed by atoms with E-state index in [-0.39, 0.29) is 11.8 Å². The molecule has 2 rings (SSSR count). The fraction of sp³-hybridized carbons (Fsp3) is 0.300. The third kappa shape index (κ3) is 6.08. The van der Waals surface area contributed by atoms with Crippen LogP contribution in [0.2, 0.25) is 5.02 Å². The maximum atomic E-state index is 12.2. The van der Waals surface area contributed by atoms with E-state index < -0.39 is 12.1 Å². The monoisotopic (exact) mass is 375 g/mol. The Bertz CT molecular complexity index is 741. The lowest BCUT2D eigenvalue weighted by Gasteiger charge is -2.15. The van der Waals surface area contributed by atoms with Crippen molar-refractivity contribution < 1.29 is 19.1 Å². The highest BCUT2D eigenvalue weighted by atomic mass is 35.5. The van der Waals surface area contributed by atoms with E-state index in [1.807, 2.05) is 13.8 Å². The second-order valence-electron chi connectivity index (χ2n) is 6.27. The minimum atomic E-state index is -0.720. The molecular formula is C20H22ClNO4. The van der Waals surface area contributed by atoms with Crippen LogP contribution in [0.1, 0.15) is 31.1 Å². The summed E-state index contributed by atoms with van der Waals surface area (Å²) in [5.74, 6) is 0.0955. The lowest BCUT2D eigenvalue weighted by atomic mass is 10.2. The van der Waals surface area contributed by atoms with Gasteiger partial charge in [0.15, 0.2) is 6.10 Å². The third-order valence-electron chi connectivity index (χ3n) is 3.42. The van der Waals surface area contributed by atoms with Gasteiger partial charge in [-0.3, -0.25) is 4.79 Å². The molecule has 0 aliphatic carbocycles. The number of hydrogen-bond donors (Lipinski definition) is 1. The van der Waals surface area contributed by atoms with Crippen molar-refractivity contribution in [2.45, 2.75) is 26.9 Å². The Balaban J connectivity index is 1.91. The molecule has 1 atom stereocenters. The van der Waals surface area contributed by atoms with Crippen LogP contribution in [-0.2, 0) is 9.53 Å². The Kier molecular flexibility index (Phi) is 7.04. The highest BCUT2D eigenvalue weighted by Gasteiger charge is 2.17. The Morgan fingerprint density at radius 3 is 2.19 bits per heavy atom. The number of carbonyl (C=O) groups excluding carboxylic acids is 2.